The average Bonchev–Trinajstić information content (AvgIpc) is 2.85. The topological polar surface area (TPSA) is 54.0 Å². The zero-order chi connectivity index (χ0) is 14.5. The lowest BCUT2D eigenvalue weighted by molar-refractivity contribution is 0.0938. The van der Waals surface area contributed by atoms with E-state index in [9.17, 15) is 4.79 Å². The Morgan fingerprint density at radius 1 is 1.50 bits per heavy atom. The van der Waals surface area contributed by atoms with E-state index in [2.05, 4.69) is 22.5 Å². The highest BCUT2D eigenvalue weighted by molar-refractivity contribution is 7.99. The fraction of sp³-hybridized carbons (Fsp3) is 0.571. The van der Waals surface area contributed by atoms with Gasteiger partial charge >= 0.3 is 0 Å². The van der Waals surface area contributed by atoms with Gasteiger partial charge in [-0.15, -0.1) is 0 Å². The van der Waals surface area contributed by atoms with Crippen molar-refractivity contribution in [3.63, 3.8) is 0 Å². The maximum absolute atomic E-state index is 12.3. The first-order chi connectivity index (χ1) is 9.63. The molecule has 0 spiro atoms. The van der Waals surface area contributed by atoms with Crippen LogP contribution >= 0.6 is 23.4 Å². The minimum atomic E-state index is -0.0700. The maximum Gasteiger partial charge on any atom is 0.251 e. The molecule has 1 amide bonds. The van der Waals surface area contributed by atoms with Gasteiger partial charge in [-0.05, 0) is 30.7 Å². The van der Waals surface area contributed by atoms with Gasteiger partial charge in [0.25, 0.3) is 5.91 Å². The van der Waals surface area contributed by atoms with Gasteiger partial charge in [0.15, 0.2) is 0 Å². The normalized spacial score (nSPS) is 21.8. The van der Waals surface area contributed by atoms with Gasteiger partial charge in [-0.3, -0.25) is 4.79 Å². The van der Waals surface area contributed by atoms with Crippen LogP contribution in [0.25, 0.3) is 0 Å². The van der Waals surface area contributed by atoms with Gasteiger partial charge in [0.05, 0.1) is 0 Å². The third-order valence-electron chi connectivity index (χ3n) is 3.46. The summed E-state index contributed by atoms with van der Waals surface area (Å²) in [6.07, 6.45) is 3.42. The summed E-state index contributed by atoms with van der Waals surface area (Å²) in [5, 5.41) is 6.90. The summed E-state index contributed by atoms with van der Waals surface area (Å²) in [5.74, 6) is 1.62. The molecule has 1 aliphatic carbocycles. The molecule has 0 saturated heterocycles. The Morgan fingerprint density at radius 2 is 2.30 bits per heavy atom. The van der Waals surface area contributed by atoms with E-state index in [0.29, 0.717) is 21.8 Å². The third kappa shape index (κ3) is 3.79. The van der Waals surface area contributed by atoms with Crippen molar-refractivity contribution in [2.24, 2.45) is 0 Å². The summed E-state index contributed by atoms with van der Waals surface area (Å²) in [6.45, 7) is 2.16. The molecule has 0 aromatic carbocycles. The van der Waals surface area contributed by atoms with Crippen LogP contribution in [0, 0.1) is 0 Å². The van der Waals surface area contributed by atoms with E-state index >= 15 is 0 Å². The predicted molar refractivity (Wildman–Crippen MR) is 85.8 cm³/mol. The number of aromatic nitrogens is 1. The van der Waals surface area contributed by atoms with Crippen LogP contribution in [0.1, 0.15) is 36.5 Å². The molecule has 4 nitrogen and oxygen atoms in total. The van der Waals surface area contributed by atoms with Gasteiger partial charge in [-0.1, -0.05) is 24.9 Å². The lowest BCUT2D eigenvalue weighted by Gasteiger charge is -2.20. The summed E-state index contributed by atoms with van der Waals surface area (Å²) in [5.41, 5.74) is 0.557. The molecule has 110 valence electrons. The zero-order valence-electron chi connectivity index (χ0n) is 11.8. The summed E-state index contributed by atoms with van der Waals surface area (Å²) in [4.78, 5) is 16.4. The molecule has 1 saturated carbocycles. The quantitative estimate of drug-likeness (QED) is 0.820. The number of rotatable bonds is 5. The Hall–Kier alpha value is -0.940. The first kappa shape index (κ1) is 15.4. The minimum absolute atomic E-state index is 0.0700. The second-order valence-electron chi connectivity index (χ2n) is 4.82. The van der Waals surface area contributed by atoms with Crippen molar-refractivity contribution in [1.29, 1.82) is 0 Å². The molecule has 1 aliphatic rings. The van der Waals surface area contributed by atoms with Gasteiger partial charge < -0.3 is 10.6 Å². The van der Waals surface area contributed by atoms with Crippen LogP contribution in [-0.2, 0) is 0 Å². The fourth-order valence-electron chi connectivity index (χ4n) is 2.51. The van der Waals surface area contributed by atoms with Crippen LogP contribution in [0.4, 0.5) is 5.82 Å². The van der Waals surface area contributed by atoms with E-state index in [1.165, 1.54) is 12.8 Å². The molecule has 2 unspecified atom stereocenters. The third-order valence-corrected chi connectivity index (χ3v) is 4.98. The number of carbonyl (C=O) groups excluding carboxylic acids is 1. The van der Waals surface area contributed by atoms with E-state index < -0.39 is 0 Å². The second-order valence-corrected chi connectivity index (χ2v) is 6.72. The predicted octanol–water partition coefficient (Wildman–Crippen LogP) is 3.18. The summed E-state index contributed by atoms with van der Waals surface area (Å²) >= 11 is 7.86. The highest BCUT2D eigenvalue weighted by atomic mass is 35.5. The molecule has 1 aromatic rings. The van der Waals surface area contributed by atoms with Gasteiger partial charge in [0.1, 0.15) is 11.0 Å². The average molecular weight is 314 g/mol. The van der Waals surface area contributed by atoms with Crippen molar-refractivity contribution >= 4 is 35.1 Å². The number of hydrogen-bond donors (Lipinski definition) is 2. The molecule has 6 heteroatoms. The Morgan fingerprint density at radius 3 is 3.00 bits per heavy atom. The Bertz CT molecular complexity index is 483. The smallest absolute Gasteiger partial charge is 0.251 e. The van der Waals surface area contributed by atoms with Crippen LogP contribution in [-0.4, -0.2) is 35.0 Å². The lowest BCUT2D eigenvalue weighted by Crippen LogP contribution is -2.38. The van der Waals surface area contributed by atoms with E-state index in [0.717, 1.165) is 12.2 Å². The van der Waals surface area contributed by atoms with Gasteiger partial charge in [-0.2, -0.15) is 11.8 Å². The molecule has 2 N–H and O–H groups in total. The Kier molecular flexibility index (Phi) is 5.54. The van der Waals surface area contributed by atoms with Gasteiger partial charge in [-0.25, -0.2) is 4.98 Å². The molecule has 0 bridgehead atoms. The lowest BCUT2D eigenvalue weighted by atomic mass is 10.2. The van der Waals surface area contributed by atoms with Crippen molar-refractivity contribution in [3.8, 4) is 0 Å². The van der Waals surface area contributed by atoms with E-state index in [-0.39, 0.29) is 11.9 Å². The molecule has 1 heterocycles. The molecule has 1 fully saturated rings. The van der Waals surface area contributed by atoms with E-state index in [1.54, 1.807) is 19.2 Å². The number of halogens is 1. The second kappa shape index (κ2) is 7.18. The molecule has 2 atom stereocenters. The standard InChI is InChI=1S/C14H20ClN3OS/c1-3-20-11-6-4-5-10(11)17-14(19)9-7-12(15)18-13(8-9)16-2/h7-8,10-11H,3-6H2,1-2H3,(H,16,18)(H,17,19). The molecule has 2 rings (SSSR count). The number of thioether (sulfide) groups is 1. The first-order valence-electron chi connectivity index (χ1n) is 6.92. The number of nitrogens with zero attached hydrogens (tertiary/aromatic N) is 1. The molecule has 0 aliphatic heterocycles. The van der Waals surface area contributed by atoms with Crippen molar-refractivity contribution in [2.75, 3.05) is 18.1 Å². The van der Waals surface area contributed by atoms with Crippen molar-refractivity contribution in [2.45, 2.75) is 37.5 Å². The monoisotopic (exact) mass is 313 g/mol. The number of pyridine rings is 1. The maximum atomic E-state index is 12.3. The van der Waals surface area contributed by atoms with Crippen LogP contribution in [0.15, 0.2) is 12.1 Å². The van der Waals surface area contributed by atoms with E-state index in [4.69, 9.17) is 11.6 Å². The number of carbonyl (C=O) groups is 1. The molecule has 1 aromatic heterocycles. The highest BCUT2D eigenvalue weighted by Crippen LogP contribution is 2.30. The molecule has 20 heavy (non-hydrogen) atoms. The first-order valence-corrected chi connectivity index (χ1v) is 8.34. The number of nitrogens with one attached hydrogen (secondary N) is 2. The van der Waals surface area contributed by atoms with Crippen LogP contribution in [0.2, 0.25) is 5.15 Å². The van der Waals surface area contributed by atoms with Crippen LogP contribution in [0.3, 0.4) is 0 Å². The van der Waals surface area contributed by atoms with Crippen molar-refractivity contribution in [1.82, 2.24) is 10.3 Å². The fourth-order valence-corrected chi connectivity index (χ4v) is 3.92. The van der Waals surface area contributed by atoms with E-state index in [1.807, 2.05) is 11.8 Å². The van der Waals surface area contributed by atoms with Crippen LogP contribution < -0.4 is 10.6 Å². The van der Waals surface area contributed by atoms with Crippen molar-refractivity contribution < 1.29 is 4.79 Å². The zero-order valence-corrected chi connectivity index (χ0v) is 13.4. The summed E-state index contributed by atoms with van der Waals surface area (Å²) in [6, 6.07) is 3.59. The van der Waals surface area contributed by atoms with Crippen molar-refractivity contribution in [3.05, 3.63) is 22.8 Å². The van der Waals surface area contributed by atoms with Crippen LogP contribution in [0.5, 0.6) is 0 Å². The van der Waals surface area contributed by atoms with Gasteiger partial charge in [0, 0.05) is 23.9 Å². The number of amides is 1. The molecular formula is C14H20ClN3OS. The van der Waals surface area contributed by atoms with Gasteiger partial charge in [0.2, 0.25) is 0 Å². The Balaban J connectivity index is 2.06. The Labute approximate surface area is 129 Å². The number of anilines is 1. The number of hydrogen-bond acceptors (Lipinski definition) is 4. The SMILES string of the molecule is CCSC1CCCC1NC(=O)c1cc(Cl)nc(NC)c1. The highest BCUT2D eigenvalue weighted by Gasteiger charge is 2.28. The molecular weight excluding hydrogens is 294 g/mol. The summed E-state index contributed by atoms with van der Waals surface area (Å²) in [7, 11) is 1.76. The summed E-state index contributed by atoms with van der Waals surface area (Å²) < 4.78 is 0. The minimum Gasteiger partial charge on any atom is -0.373 e. The molecule has 0 radical (unpaired) electrons. The largest absolute Gasteiger partial charge is 0.373 e.